The predicted molar refractivity (Wildman–Crippen MR) is 92.6 cm³/mol. The van der Waals surface area contributed by atoms with E-state index in [4.69, 9.17) is 0 Å². The Labute approximate surface area is 144 Å². The fraction of sp³-hybridized carbons (Fsp3) is 0.111. The van der Waals surface area contributed by atoms with E-state index in [-0.39, 0.29) is 16.3 Å². The van der Waals surface area contributed by atoms with E-state index < -0.39 is 9.84 Å². The minimum absolute atomic E-state index is 0.203. The van der Waals surface area contributed by atoms with E-state index in [1.54, 1.807) is 24.3 Å². The van der Waals surface area contributed by atoms with E-state index in [2.05, 4.69) is 10.2 Å². The van der Waals surface area contributed by atoms with Gasteiger partial charge in [-0.15, -0.1) is 0 Å². The Morgan fingerprint density at radius 2 is 1.68 bits per heavy atom. The SMILES string of the molecule is CS(=O)(=O)c1ccc(-c2cn[nH]c(=O)c2Cc2ccc(F)cc2)cc1. The predicted octanol–water partition coefficient (Wildman–Crippen LogP) is 2.57. The molecule has 0 atom stereocenters. The maximum Gasteiger partial charge on any atom is 0.268 e. The molecule has 5 nitrogen and oxygen atoms in total. The molecule has 0 aliphatic rings. The first-order valence-electron chi connectivity index (χ1n) is 7.46. The molecule has 25 heavy (non-hydrogen) atoms. The van der Waals surface area contributed by atoms with E-state index >= 15 is 0 Å². The summed E-state index contributed by atoms with van der Waals surface area (Å²) in [5.74, 6) is -0.344. The quantitative estimate of drug-likeness (QED) is 0.777. The first-order valence-corrected chi connectivity index (χ1v) is 9.35. The molecule has 0 saturated carbocycles. The molecule has 0 amide bonds. The second-order valence-corrected chi connectivity index (χ2v) is 7.71. The van der Waals surface area contributed by atoms with Gasteiger partial charge in [-0.3, -0.25) is 4.79 Å². The highest BCUT2D eigenvalue weighted by Crippen LogP contribution is 2.24. The number of benzene rings is 2. The molecule has 1 heterocycles. The highest BCUT2D eigenvalue weighted by molar-refractivity contribution is 7.90. The van der Waals surface area contributed by atoms with Crippen molar-refractivity contribution in [1.82, 2.24) is 10.2 Å². The fourth-order valence-electron chi connectivity index (χ4n) is 2.54. The van der Waals surface area contributed by atoms with Gasteiger partial charge < -0.3 is 0 Å². The number of sulfone groups is 1. The Kier molecular flexibility index (Phi) is 4.50. The molecule has 0 saturated heterocycles. The van der Waals surface area contributed by atoms with Crippen LogP contribution in [0.1, 0.15) is 11.1 Å². The normalized spacial score (nSPS) is 11.4. The van der Waals surface area contributed by atoms with Crippen molar-refractivity contribution >= 4 is 9.84 Å². The van der Waals surface area contributed by atoms with Crippen LogP contribution in [0.5, 0.6) is 0 Å². The van der Waals surface area contributed by atoms with Crippen LogP contribution in [0.3, 0.4) is 0 Å². The number of nitrogens with one attached hydrogen (secondary N) is 1. The van der Waals surface area contributed by atoms with Gasteiger partial charge in [0.1, 0.15) is 5.82 Å². The van der Waals surface area contributed by atoms with Crippen LogP contribution in [-0.4, -0.2) is 24.9 Å². The number of aromatic nitrogens is 2. The second kappa shape index (κ2) is 6.60. The molecule has 0 unspecified atom stereocenters. The molecular weight excluding hydrogens is 343 g/mol. The van der Waals surface area contributed by atoms with Gasteiger partial charge in [-0.05, 0) is 35.4 Å². The number of hydrogen-bond acceptors (Lipinski definition) is 4. The second-order valence-electron chi connectivity index (χ2n) is 5.69. The van der Waals surface area contributed by atoms with Gasteiger partial charge in [-0.1, -0.05) is 24.3 Å². The first-order chi connectivity index (χ1) is 11.8. The molecule has 1 aromatic heterocycles. The topological polar surface area (TPSA) is 79.9 Å². The highest BCUT2D eigenvalue weighted by atomic mass is 32.2. The third-order valence-electron chi connectivity index (χ3n) is 3.85. The summed E-state index contributed by atoms with van der Waals surface area (Å²) < 4.78 is 36.2. The van der Waals surface area contributed by atoms with E-state index in [9.17, 15) is 17.6 Å². The minimum Gasteiger partial charge on any atom is -0.268 e. The van der Waals surface area contributed by atoms with Gasteiger partial charge in [0.05, 0.1) is 11.1 Å². The molecule has 128 valence electrons. The molecule has 0 aliphatic carbocycles. The molecule has 3 aromatic rings. The zero-order valence-electron chi connectivity index (χ0n) is 13.4. The number of rotatable bonds is 4. The lowest BCUT2D eigenvalue weighted by Crippen LogP contribution is -2.16. The van der Waals surface area contributed by atoms with Gasteiger partial charge in [0, 0.05) is 23.8 Å². The Morgan fingerprint density at radius 3 is 2.28 bits per heavy atom. The summed E-state index contributed by atoms with van der Waals surface area (Å²) in [5, 5.41) is 6.23. The number of hydrogen-bond donors (Lipinski definition) is 1. The Bertz CT molecular complexity index is 1060. The lowest BCUT2D eigenvalue weighted by atomic mass is 9.98. The maximum atomic E-state index is 13.1. The van der Waals surface area contributed by atoms with E-state index in [0.29, 0.717) is 23.1 Å². The summed E-state index contributed by atoms with van der Waals surface area (Å²) in [7, 11) is -3.29. The van der Waals surface area contributed by atoms with Crippen LogP contribution >= 0.6 is 0 Å². The van der Waals surface area contributed by atoms with E-state index in [0.717, 1.165) is 11.8 Å². The lowest BCUT2D eigenvalue weighted by Gasteiger charge is -2.09. The number of halogens is 1. The summed E-state index contributed by atoms with van der Waals surface area (Å²) in [6.07, 6.45) is 2.97. The molecule has 0 bridgehead atoms. The van der Waals surface area contributed by atoms with Crippen LogP contribution in [0.2, 0.25) is 0 Å². The van der Waals surface area contributed by atoms with Gasteiger partial charge in [0.15, 0.2) is 9.84 Å². The van der Waals surface area contributed by atoms with Gasteiger partial charge in [0.2, 0.25) is 0 Å². The van der Waals surface area contributed by atoms with Crippen molar-refractivity contribution in [2.75, 3.05) is 6.26 Å². The van der Waals surface area contributed by atoms with Gasteiger partial charge >= 0.3 is 0 Å². The van der Waals surface area contributed by atoms with Gasteiger partial charge in [-0.25, -0.2) is 17.9 Å². The molecule has 0 radical (unpaired) electrons. The van der Waals surface area contributed by atoms with Crippen LogP contribution in [-0.2, 0) is 16.3 Å². The van der Waals surface area contributed by atoms with Crippen LogP contribution in [0, 0.1) is 5.82 Å². The van der Waals surface area contributed by atoms with Crippen LogP contribution < -0.4 is 5.56 Å². The summed E-state index contributed by atoms with van der Waals surface area (Å²) in [5.41, 5.74) is 2.21. The summed E-state index contributed by atoms with van der Waals surface area (Å²) in [6, 6.07) is 12.2. The van der Waals surface area contributed by atoms with Crippen molar-refractivity contribution in [3.8, 4) is 11.1 Å². The van der Waals surface area contributed by atoms with Crippen LogP contribution in [0.25, 0.3) is 11.1 Å². The Balaban J connectivity index is 2.04. The molecule has 0 aliphatic heterocycles. The molecule has 0 spiro atoms. The average molecular weight is 358 g/mol. The summed E-state index contributed by atoms with van der Waals surface area (Å²) in [4.78, 5) is 12.4. The van der Waals surface area contributed by atoms with Gasteiger partial charge in [0.25, 0.3) is 5.56 Å². The molecule has 1 N–H and O–H groups in total. The average Bonchev–Trinajstić information content (AvgIpc) is 2.58. The van der Waals surface area contributed by atoms with Crippen molar-refractivity contribution in [1.29, 1.82) is 0 Å². The maximum absolute atomic E-state index is 13.1. The van der Waals surface area contributed by atoms with Crippen LogP contribution in [0.4, 0.5) is 4.39 Å². The first kappa shape index (κ1) is 17.0. The Morgan fingerprint density at radius 1 is 1.04 bits per heavy atom. The standard InChI is InChI=1S/C18H15FN2O3S/c1-25(23,24)15-8-4-13(5-9-15)17-11-20-21-18(22)16(17)10-12-2-6-14(19)7-3-12/h2-9,11H,10H2,1H3,(H,21,22). The Hall–Kier alpha value is -2.80. The van der Waals surface area contributed by atoms with E-state index in [1.807, 2.05) is 0 Å². The van der Waals surface area contributed by atoms with Crippen molar-refractivity contribution in [3.05, 3.63) is 82.0 Å². The largest absolute Gasteiger partial charge is 0.268 e. The molecule has 3 rings (SSSR count). The van der Waals surface area contributed by atoms with Gasteiger partial charge in [-0.2, -0.15) is 5.10 Å². The lowest BCUT2D eigenvalue weighted by molar-refractivity contribution is 0.602. The highest BCUT2D eigenvalue weighted by Gasteiger charge is 2.13. The van der Waals surface area contributed by atoms with Crippen LogP contribution in [0.15, 0.2) is 64.4 Å². The zero-order valence-corrected chi connectivity index (χ0v) is 14.2. The minimum atomic E-state index is -3.29. The van der Waals surface area contributed by atoms with Crippen molar-refractivity contribution in [3.63, 3.8) is 0 Å². The number of aromatic amines is 1. The molecular formula is C18H15FN2O3S. The molecule has 0 fully saturated rings. The third kappa shape index (κ3) is 3.83. The summed E-state index contributed by atoms with van der Waals surface area (Å²) >= 11 is 0. The summed E-state index contributed by atoms with van der Waals surface area (Å²) in [6.45, 7) is 0. The van der Waals surface area contributed by atoms with Crippen molar-refractivity contribution in [2.45, 2.75) is 11.3 Å². The fourth-order valence-corrected chi connectivity index (χ4v) is 3.17. The molecule has 2 aromatic carbocycles. The smallest absolute Gasteiger partial charge is 0.268 e. The third-order valence-corrected chi connectivity index (χ3v) is 4.98. The van der Waals surface area contributed by atoms with Crippen molar-refractivity contribution < 1.29 is 12.8 Å². The number of H-pyrrole nitrogens is 1. The monoisotopic (exact) mass is 358 g/mol. The van der Waals surface area contributed by atoms with E-state index in [1.165, 1.54) is 30.5 Å². The van der Waals surface area contributed by atoms with Crippen molar-refractivity contribution in [2.24, 2.45) is 0 Å². The molecule has 7 heteroatoms. The zero-order chi connectivity index (χ0) is 18.0. The number of nitrogens with zero attached hydrogens (tertiary/aromatic N) is 1.